The van der Waals surface area contributed by atoms with E-state index in [4.69, 9.17) is 5.11 Å². The van der Waals surface area contributed by atoms with Gasteiger partial charge >= 0.3 is 5.97 Å². The number of fused-ring (bicyclic) bond motifs is 1. The smallest absolute Gasteiger partial charge is 0.336 e. The number of rotatable bonds is 1. The van der Waals surface area contributed by atoms with Gasteiger partial charge in [-0.05, 0) is 38.8 Å². The van der Waals surface area contributed by atoms with Crippen molar-refractivity contribution >= 4 is 32.7 Å². The highest BCUT2D eigenvalue weighted by Gasteiger charge is 2.08. The third kappa shape index (κ3) is 1.51. The van der Waals surface area contributed by atoms with Crippen LogP contribution in [0.5, 0.6) is 0 Å². The van der Waals surface area contributed by atoms with Crippen molar-refractivity contribution < 1.29 is 9.90 Å². The second kappa shape index (κ2) is 3.42. The molecular formula is C11H7BrO2. The minimum atomic E-state index is -0.914. The van der Waals surface area contributed by atoms with Crippen molar-refractivity contribution in [2.45, 2.75) is 0 Å². The Kier molecular flexibility index (Phi) is 2.25. The minimum absolute atomic E-state index is 0.295. The van der Waals surface area contributed by atoms with Gasteiger partial charge in [0, 0.05) is 4.47 Å². The fourth-order valence-corrected chi connectivity index (χ4v) is 1.91. The molecule has 0 bridgehead atoms. The van der Waals surface area contributed by atoms with Crippen LogP contribution in [0, 0.1) is 0 Å². The van der Waals surface area contributed by atoms with Gasteiger partial charge in [0.15, 0.2) is 0 Å². The molecule has 2 aromatic rings. The first-order chi connectivity index (χ1) is 6.68. The zero-order valence-electron chi connectivity index (χ0n) is 7.20. The first-order valence-electron chi connectivity index (χ1n) is 4.10. The molecule has 0 saturated heterocycles. The normalized spacial score (nSPS) is 10.4. The third-order valence-electron chi connectivity index (χ3n) is 2.07. The Bertz CT molecular complexity index is 506. The van der Waals surface area contributed by atoms with Crippen LogP contribution >= 0.6 is 15.9 Å². The summed E-state index contributed by atoms with van der Waals surface area (Å²) in [5.41, 5.74) is 0.295. The van der Waals surface area contributed by atoms with Gasteiger partial charge in [-0.25, -0.2) is 4.79 Å². The Morgan fingerprint density at radius 1 is 1.14 bits per heavy atom. The Hall–Kier alpha value is -1.35. The van der Waals surface area contributed by atoms with Crippen LogP contribution in [0.15, 0.2) is 40.9 Å². The lowest BCUT2D eigenvalue weighted by atomic mass is 10.1. The predicted molar refractivity (Wildman–Crippen MR) is 58.6 cm³/mol. The van der Waals surface area contributed by atoms with E-state index >= 15 is 0 Å². The average molecular weight is 251 g/mol. The van der Waals surface area contributed by atoms with Gasteiger partial charge in [-0.2, -0.15) is 0 Å². The maximum atomic E-state index is 10.8. The molecule has 0 aliphatic rings. The molecule has 0 spiro atoms. The van der Waals surface area contributed by atoms with E-state index in [1.165, 1.54) is 0 Å². The molecule has 2 rings (SSSR count). The van der Waals surface area contributed by atoms with Gasteiger partial charge in [0.1, 0.15) is 0 Å². The highest BCUT2D eigenvalue weighted by atomic mass is 79.9. The summed E-state index contributed by atoms with van der Waals surface area (Å²) in [6.45, 7) is 0. The molecule has 0 aliphatic carbocycles. The summed E-state index contributed by atoms with van der Waals surface area (Å²) < 4.78 is 0.615. The third-order valence-corrected chi connectivity index (χ3v) is 2.72. The number of aromatic carboxylic acids is 1. The lowest BCUT2D eigenvalue weighted by Crippen LogP contribution is -1.97. The van der Waals surface area contributed by atoms with Crippen LogP contribution in [-0.4, -0.2) is 11.1 Å². The van der Waals surface area contributed by atoms with E-state index in [1.807, 2.05) is 30.3 Å². The van der Waals surface area contributed by atoms with Crippen molar-refractivity contribution in [3.05, 3.63) is 46.4 Å². The molecule has 0 aliphatic heterocycles. The second-order valence-electron chi connectivity index (χ2n) is 2.98. The molecular weight excluding hydrogens is 244 g/mol. The van der Waals surface area contributed by atoms with Crippen LogP contribution in [0.4, 0.5) is 0 Å². The molecule has 0 aromatic heterocycles. The van der Waals surface area contributed by atoms with Gasteiger partial charge in [0.2, 0.25) is 0 Å². The van der Waals surface area contributed by atoms with Gasteiger partial charge in [0.05, 0.1) is 5.56 Å². The number of benzene rings is 2. The Balaban J connectivity index is 2.77. The van der Waals surface area contributed by atoms with Crippen LogP contribution in [0.2, 0.25) is 0 Å². The summed E-state index contributed by atoms with van der Waals surface area (Å²) in [5, 5.41) is 10.9. The molecule has 0 heterocycles. The number of carbonyl (C=O) groups is 1. The van der Waals surface area contributed by atoms with Crippen molar-refractivity contribution in [1.29, 1.82) is 0 Å². The Morgan fingerprint density at radius 2 is 1.71 bits per heavy atom. The summed E-state index contributed by atoms with van der Waals surface area (Å²) in [5.74, 6) is -0.914. The fraction of sp³-hybridized carbons (Fsp3) is 0. The SMILES string of the molecule is O=C(O)c1cc2ccccc2cc1Br. The molecule has 0 atom stereocenters. The number of halogens is 1. The summed E-state index contributed by atoms with van der Waals surface area (Å²) in [4.78, 5) is 10.8. The van der Waals surface area contributed by atoms with Crippen molar-refractivity contribution in [1.82, 2.24) is 0 Å². The number of hydrogen-bond acceptors (Lipinski definition) is 1. The first kappa shape index (κ1) is 9.21. The summed E-state index contributed by atoms with van der Waals surface area (Å²) in [6, 6.07) is 11.2. The molecule has 0 fully saturated rings. The monoisotopic (exact) mass is 250 g/mol. The largest absolute Gasteiger partial charge is 0.478 e. The van der Waals surface area contributed by atoms with E-state index in [2.05, 4.69) is 15.9 Å². The van der Waals surface area contributed by atoms with Crippen LogP contribution in [0.25, 0.3) is 10.8 Å². The van der Waals surface area contributed by atoms with Crippen LogP contribution < -0.4 is 0 Å². The summed E-state index contributed by atoms with van der Waals surface area (Å²) in [7, 11) is 0. The van der Waals surface area contributed by atoms with Gasteiger partial charge in [-0.15, -0.1) is 0 Å². The molecule has 2 aromatic carbocycles. The molecule has 70 valence electrons. The maximum Gasteiger partial charge on any atom is 0.336 e. The lowest BCUT2D eigenvalue weighted by Gasteiger charge is -2.02. The van der Waals surface area contributed by atoms with Crippen molar-refractivity contribution in [2.75, 3.05) is 0 Å². The van der Waals surface area contributed by atoms with E-state index in [1.54, 1.807) is 6.07 Å². The van der Waals surface area contributed by atoms with Gasteiger partial charge in [0.25, 0.3) is 0 Å². The molecule has 2 nitrogen and oxygen atoms in total. The van der Waals surface area contributed by atoms with Gasteiger partial charge in [-0.3, -0.25) is 0 Å². The zero-order valence-corrected chi connectivity index (χ0v) is 8.78. The van der Waals surface area contributed by atoms with E-state index in [0.717, 1.165) is 10.8 Å². The van der Waals surface area contributed by atoms with Crippen LogP contribution in [0.1, 0.15) is 10.4 Å². The van der Waals surface area contributed by atoms with E-state index in [0.29, 0.717) is 10.0 Å². The average Bonchev–Trinajstić information content (AvgIpc) is 2.16. The molecule has 3 heteroatoms. The molecule has 0 saturated carbocycles. The highest BCUT2D eigenvalue weighted by molar-refractivity contribution is 9.10. The molecule has 1 N–H and O–H groups in total. The summed E-state index contributed by atoms with van der Waals surface area (Å²) >= 11 is 3.24. The number of hydrogen-bond donors (Lipinski definition) is 1. The van der Waals surface area contributed by atoms with Crippen molar-refractivity contribution in [3.8, 4) is 0 Å². The van der Waals surface area contributed by atoms with Gasteiger partial charge < -0.3 is 5.11 Å². The Labute approximate surface area is 89.3 Å². The van der Waals surface area contributed by atoms with Gasteiger partial charge in [-0.1, -0.05) is 24.3 Å². The lowest BCUT2D eigenvalue weighted by molar-refractivity contribution is 0.0696. The molecule has 0 unspecified atom stereocenters. The van der Waals surface area contributed by atoms with E-state index in [9.17, 15) is 4.79 Å². The fourth-order valence-electron chi connectivity index (χ4n) is 1.38. The standard InChI is InChI=1S/C11H7BrO2/c12-10-6-8-4-2-1-3-7(8)5-9(10)11(13)14/h1-6H,(H,13,14). The van der Waals surface area contributed by atoms with E-state index in [-0.39, 0.29) is 0 Å². The van der Waals surface area contributed by atoms with E-state index < -0.39 is 5.97 Å². The second-order valence-corrected chi connectivity index (χ2v) is 3.84. The minimum Gasteiger partial charge on any atom is -0.478 e. The Morgan fingerprint density at radius 3 is 2.29 bits per heavy atom. The number of carboxylic acids is 1. The van der Waals surface area contributed by atoms with Crippen LogP contribution in [-0.2, 0) is 0 Å². The molecule has 14 heavy (non-hydrogen) atoms. The van der Waals surface area contributed by atoms with Crippen molar-refractivity contribution in [3.63, 3.8) is 0 Å². The van der Waals surface area contributed by atoms with Crippen LogP contribution in [0.3, 0.4) is 0 Å². The topological polar surface area (TPSA) is 37.3 Å². The molecule has 0 amide bonds. The number of carboxylic acid groups (broad SMARTS) is 1. The zero-order chi connectivity index (χ0) is 10.1. The van der Waals surface area contributed by atoms with Crippen molar-refractivity contribution in [2.24, 2.45) is 0 Å². The summed E-state index contributed by atoms with van der Waals surface area (Å²) in [6.07, 6.45) is 0. The predicted octanol–water partition coefficient (Wildman–Crippen LogP) is 3.30. The highest BCUT2D eigenvalue weighted by Crippen LogP contribution is 2.24. The molecule has 0 radical (unpaired) electrons. The maximum absolute atomic E-state index is 10.8. The first-order valence-corrected chi connectivity index (χ1v) is 4.89. The quantitative estimate of drug-likeness (QED) is 0.844.